The van der Waals surface area contributed by atoms with E-state index in [1.54, 1.807) is 30.5 Å². The van der Waals surface area contributed by atoms with Gasteiger partial charge in [0, 0.05) is 58.0 Å². The molecule has 29 heavy (non-hydrogen) atoms. The number of aromatic hydroxyl groups is 1. The summed E-state index contributed by atoms with van der Waals surface area (Å²) >= 11 is 6.12. The number of rotatable bonds is 4. The Balaban J connectivity index is 1.80. The maximum Gasteiger partial charge on any atom is 0.123 e. The van der Waals surface area contributed by atoms with Crippen LogP contribution in [-0.2, 0) is 19.4 Å². The van der Waals surface area contributed by atoms with Crippen molar-refractivity contribution in [3.63, 3.8) is 0 Å². The summed E-state index contributed by atoms with van der Waals surface area (Å²) in [7, 11) is 0. The van der Waals surface area contributed by atoms with E-state index in [4.69, 9.17) is 23.9 Å². The van der Waals surface area contributed by atoms with Crippen LogP contribution in [0.15, 0.2) is 36.5 Å². The average molecular weight is 419 g/mol. The summed E-state index contributed by atoms with van der Waals surface area (Å²) in [6, 6.07) is 8.72. The van der Waals surface area contributed by atoms with Crippen LogP contribution in [0.3, 0.4) is 0 Å². The molecule has 0 atom stereocenters. The number of aromatic nitrogens is 1. The Morgan fingerprint density at radius 3 is 2.69 bits per heavy atom. The molecule has 2 aromatic carbocycles. The van der Waals surface area contributed by atoms with Crippen molar-refractivity contribution in [2.45, 2.75) is 58.3 Å². The fraction of sp³-hybridized carbons (Fsp3) is 0.375. The molecule has 0 saturated heterocycles. The average Bonchev–Trinajstić information content (AvgIpc) is 2.79. The van der Waals surface area contributed by atoms with Crippen LogP contribution < -0.4 is 10.6 Å². The number of hydrogen-bond acceptors (Lipinski definition) is 4. The summed E-state index contributed by atoms with van der Waals surface area (Å²) in [5, 5.41) is 18.2. The molecular formula is C24H28ClN3O. The lowest BCUT2D eigenvalue weighted by atomic mass is 9.87. The number of anilines is 2. The second-order valence-corrected chi connectivity index (χ2v) is 7.78. The first-order chi connectivity index (χ1) is 17.6. The predicted molar refractivity (Wildman–Crippen MR) is 121 cm³/mol. The lowest BCUT2D eigenvalue weighted by molar-refractivity contribution is 0.409. The highest BCUT2D eigenvalue weighted by Crippen LogP contribution is 2.39. The highest BCUT2D eigenvalue weighted by atomic mass is 35.5. The Hall–Kier alpha value is -2.30. The minimum Gasteiger partial charge on any atom is -0.507 e. The molecule has 0 saturated carbocycles. The topological polar surface area (TPSA) is 57.2 Å². The number of hydrogen-bond donors (Lipinski definition) is 3. The first kappa shape index (κ1) is 11.8. The van der Waals surface area contributed by atoms with Gasteiger partial charge in [-0.2, -0.15) is 0 Å². The zero-order valence-corrected chi connectivity index (χ0v) is 16.5. The van der Waals surface area contributed by atoms with Gasteiger partial charge in [0.05, 0.1) is 5.52 Å². The van der Waals surface area contributed by atoms with Gasteiger partial charge in [-0.15, -0.1) is 0 Å². The van der Waals surface area contributed by atoms with Crippen LogP contribution in [0.4, 0.5) is 11.4 Å². The maximum absolute atomic E-state index is 11.1. The number of halogens is 1. The zero-order valence-electron chi connectivity index (χ0n) is 24.8. The van der Waals surface area contributed by atoms with E-state index < -0.39 is 32.6 Å². The number of phenolic OH excluding ortho intramolecular Hbond substituents is 1. The third-order valence-electron chi connectivity index (χ3n) is 5.22. The Bertz CT molecular complexity index is 1320. The summed E-state index contributed by atoms with van der Waals surface area (Å²) in [6.45, 7) is -10.7. The van der Waals surface area contributed by atoms with Crippen molar-refractivity contribution in [2.24, 2.45) is 0 Å². The Labute approximate surface area is 190 Å². The standard InChI is InChI=1S/C24H28ClN3O/c1-24(2,3)27-14-15-12-22(17-6-4-5-7-18(17)23(15)29)28-20-10-11-26-21-13-16(25)8-9-19(20)21/h8-13,27,29H,4-7,14H2,1-3H3,(H,26,28)/i1D3,2D3,3D3. The normalized spacial score (nSPS) is 20.0. The quantitative estimate of drug-likeness (QED) is 0.448. The van der Waals surface area contributed by atoms with E-state index in [1.807, 2.05) is 6.07 Å². The number of nitrogens with zero attached hydrogens (tertiary/aromatic N) is 1. The number of benzene rings is 2. The van der Waals surface area contributed by atoms with Crippen molar-refractivity contribution < 1.29 is 17.4 Å². The van der Waals surface area contributed by atoms with Crippen LogP contribution in [0.5, 0.6) is 5.75 Å². The Morgan fingerprint density at radius 1 is 1.10 bits per heavy atom. The van der Waals surface area contributed by atoms with Gasteiger partial charge >= 0.3 is 0 Å². The van der Waals surface area contributed by atoms with Gasteiger partial charge < -0.3 is 15.7 Å². The van der Waals surface area contributed by atoms with Crippen molar-refractivity contribution in [3.05, 3.63) is 58.2 Å². The zero-order chi connectivity index (χ0) is 28.1. The molecule has 5 heteroatoms. The molecule has 0 bridgehead atoms. The molecule has 0 spiro atoms. The van der Waals surface area contributed by atoms with Crippen LogP contribution in [0.2, 0.25) is 5.02 Å². The minimum absolute atomic E-state index is 0.0976. The monoisotopic (exact) mass is 418 g/mol. The molecule has 152 valence electrons. The molecule has 1 aliphatic rings. The van der Waals surface area contributed by atoms with E-state index in [9.17, 15) is 5.11 Å². The molecule has 4 nitrogen and oxygen atoms in total. The van der Waals surface area contributed by atoms with Gasteiger partial charge in [0.1, 0.15) is 5.75 Å². The summed E-state index contributed by atoms with van der Waals surface area (Å²) in [6.07, 6.45) is 4.63. The van der Waals surface area contributed by atoms with Gasteiger partial charge in [0.15, 0.2) is 0 Å². The van der Waals surface area contributed by atoms with Gasteiger partial charge in [-0.1, -0.05) is 11.6 Å². The van der Waals surface area contributed by atoms with Gasteiger partial charge in [0.25, 0.3) is 0 Å². The Kier molecular flexibility index (Phi) is 3.19. The number of fused-ring (bicyclic) bond motifs is 2. The van der Waals surface area contributed by atoms with Gasteiger partial charge in [-0.25, -0.2) is 0 Å². The SMILES string of the molecule is [2H]C([2H])([2H])C(NCc1cc(Nc2ccnc3cc(Cl)ccc23)c2c(c1O)CCCC2)(C([2H])([2H])[2H])C([2H])([2H])[2H]. The van der Waals surface area contributed by atoms with Crippen LogP contribution in [0.1, 0.15) is 62.4 Å². The first-order valence-electron chi connectivity index (χ1n) is 14.0. The lowest BCUT2D eigenvalue weighted by Gasteiger charge is -2.26. The molecule has 1 aromatic heterocycles. The third kappa shape index (κ3) is 4.34. The predicted octanol–water partition coefficient (Wildman–Crippen LogP) is 6.10. The van der Waals surface area contributed by atoms with Crippen molar-refractivity contribution in [2.75, 3.05) is 5.32 Å². The minimum atomic E-state index is -3.40. The highest BCUT2D eigenvalue weighted by molar-refractivity contribution is 6.31. The van der Waals surface area contributed by atoms with Crippen LogP contribution >= 0.6 is 11.6 Å². The van der Waals surface area contributed by atoms with E-state index in [-0.39, 0.29) is 11.3 Å². The fourth-order valence-electron chi connectivity index (χ4n) is 3.84. The van der Waals surface area contributed by atoms with Crippen molar-refractivity contribution in [3.8, 4) is 5.75 Å². The van der Waals surface area contributed by atoms with Crippen molar-refractivity contribution in [1.29, 1.82) is 0 Å². The van der Waals surface area contributed by atoms with Crippen LogP contribution in [0.25, 0.3) is 10.9 Å². The largest absolute Gasteiger partial charge is 0.507 e. The summed E-state index contributed by atoms with van der Waals surface area (Å²) in [4.78, 5) is 4.35. The van der Waals surface area contributed by atoms with Crippen LogP contribution in [0, 0.1) is 0 Å². The van der Waals surface area contributed by atoms with Gasteiger partial charge in [0.2, 0.25) is 0 Å². The second-order valence-electron chi connectivity index (χ2n) is 7.34. The fourth-order valence-corrected chi connectivity index (χ4v) is 4.00. The van der Waals surface area contributed by atoms with Gasteiger partial charge in [-0.05, 0) is 87.7 Å². The molecule has 1 aliphatic carbocycles. The van der Waals surface area contributed by atoms with E-state index in [2.05, 4.69) is 15.6 Å². The second kappa shape index (κ2) is 7.85. The highest BCUT2D eigenvalue weighted by Gasteiger charge is 2.21. The van der Waals surface area contributed by atoms with Crippen molar-refractivity contribution in [1.82, 2.24) is 10.3 Å². The van der Waals surface area contributed by atoms with E-state index in [0.29, 0.717) is 34.6 Å². The maximum atomic E-state index is 11.1. The first-order valence-corrected chi connectivity index (χ1v) is 9.87. The lowest BCUT2D eigenvalue weighted by Crippen LogP contribution is -2.35. The smallest absolute Gasteiger partial charge is 0.123 e. The Morgan fingerprint density at radius 2 is 1.90 bits per heavy atom. The summed E-state index contributed by atoms with van der Waals surface area (Å²) < 4.78 is 70.8. The van der Waals surface area contributed by atoms with Crippen LogP contribution in [-0.4, -0.2) is 15.6 Å². The molecule has 0 unspecified atom stereocenters. The molecular weight excluding hydrogens is 382 g/mol. The number of phenols is 1. The molecule has 0 fully saturated rings. The molecule has 1 heterocycles. The molecule has 3 aromatic rings. The third-order valence-corrected chi connectivity index (χ3v) is 5.45. The molecule has 0 aliphatic heterocycles. The van der Waals surface area contributed by atoms with Gasteiger partial charge in [-0.3, -0.25) is 4.98 Å². The molecule has 3 N–H and O–H groups in total. The van der Waals surface area contributed by atoms with E-state index >= 15 is 0 Å². The summed E-state index contributed by atoms with van der Waals surface area (Å²) in [5.74, 6) is -0.0976. The van der Waals surface area contributed by atoms with Crippen molar-refractivity contribution >= 4 is 33.9 Å². The number of pyridine rings is 1. The molecule has 0 amide bonds. The van der Waals surface area contributed by atoms with E-state index in [1.165, 1.54) is 0 Å². The number of nitrogens with one attached hydrogen (secondary N) is 2. The van der Waals surface area contributed by atoms with E-state index in [0.717, 1.165) is 29.5 Å². The molecule has 4 rings (SSSR count). The molecule has 0 radical (unpaired) electrons. The summed E-state index contributed by atoms with van der Waals surface area (Å²) in [5.41, 5.74) is 0.604.